The highest BCUT2D eigenvalue weighted by molar-refractivity contribution is 5.85. The van der Waals surface area contributed by atoms with Crippen molar-refractivity contribution in [2.45, 2.75) is 24.8 Å². The minimum Gasteiger partial charge on any atom is -0.324 e. The van der Waals surface area contributed by atoms with Crippen LogP contribution in [0.3, 0.4) is 0 Å². The molecule has 0 saturated heterocycles. The van der Waals surface area contributed by atoms with E-state index in [0.717, 1.165) is 6.07 Å². The first-order valence-corrected chi connectivity index (χ1v) is 5.22. The molecule has 0 amide bonds. The molecule has 1 aromatic carbocycles. The molecule has 1 aromatic rings. The molecule has 0 fully saturated rings. The molecule has 0 spiro atoms. The van der Waals surface area contributed by atoms with Gasteiger partial charge in [-0.15, -0.1) is 19.0 Å². The third kappa shape index (κ3) is 4.42. The second kappa shape index (κ2) is 6.49. The Balaban J connectivity index is 0.00000361. The largest absolute Gasteiger partial charge is 0.416 e. The first-order valence-electron chi connectivity index (χ1n) is 5.22. The molecule has 20 heavy (non-hydrogen) atoms. The van der Waals surface area contributed by atoms with Crippen molar-refractivity contribution in [1.82, 2.24) is 0 Å². The van der Waals surface area contributed by atoms with Crippen LogP contribution in [0, 0.1) is 0 Å². The smallest absolute Gasteiger partial charge is 0.324 e. The van der Waals surface area contributed by atoms with Crippen LogP contribution in [0.15, 0.2) is 30.9 Å². The zero-order chi connectivity index (χ0) is 14.8. The molecular formula is C12H12ClF6N. The highest BCUT2D eigenvalue weighted by atomic mass is 35.5. The summed E-state index contributed by atoms with van der Waals surface area (Å²) in [6, 6.07) is 0.391. The fourth-order valence-corrected chi connectivity index (χ4v) is 1.61. The van der Waals surface area contributed by atoms with E-state index in [0.29, 0.717) is 6.07 Å². The van der Waals surface area contributed by atoms with Crippen LogP contribution in [0.5, 0.6) is 0 Å². The van der Waals surface area contributed by atoms with Gasteiger partial charge in [-0.25, -0.2) is 0 Å². The van der Waals surface area contributed by atoms with Crippen molar-refractivity contribution in [1.29, 1.82) is 0 Å². The lowest BCUT2D eigenvalue weighted by atomic mass is 9.96. The summed E-state index contributed by atoms with van der Waals surface area (Å²) in [7, 11) is 0. The Bertz CT molecular complexity index is 466. The van der Waals surface area contributed by atoms with Crippen molar-refractivity contribution >= 4 is 12.4 Å². The number of benzene rings is 1. The summed E-state index contributed by atoms with van der Waals surface area (Å²) in [5, 5.41) is 0. The van der Waals surface area contributed by atoms with Gasteiger partial charge in [0.25, 0.3) is 0 Å². The van der Waals surface area contributed by atoms with Crippen molar-refractivity contribution in [3.63, 3.8) is 0 Å². The number of hydrogen-bond acceptors (Lipinski definition) is 1. The quantitative estimate of drug-likeness (QED) is 0.633. The third-order valence-corrected chi connectivity index (χ3v) is 2.51. The predicted molar refractivity (Wildman–Crippen MR) is 65.4 cm³/mol. The average Bonchev–Trinajstić information content (AvgIpc) is 2.26. The van der Waals surface area contributed by atoms with Gasteiger partial charge in [-0.05, 0) is 24.1 Å². The monoisotopic (exact) mass is 319 g/mol. The number of halogens is 7. The Hall–Kier alpha value is -1.21. The molecule has 0 unspecified atom stereocenters. The van der Waals surface area contributed by atoms with E-state index < -0.39 is 29.5 Å². The number of hydrogen-bond donors (Lipinski definition) is 1. The van der Waals surface area contributed by atoms with Gasteiger partial charge in [-0.3, -0.25) is 0 Å². The van der Waals surface area contributed by atoms with Crippen molar-refractivity contribution in [3.8, 4) is 0 Å². The number of alkyl halides is 6. The molecule has 0 aliphatic carbocycles. The van der Waals surface area contributed by atoms with Crippen LogP contribution in [0.25, 0.3) is 0 Å². The van der Waals surface area contributed by atoms with Crippen LogP contribution < -0.4 is 5.73 Å². The number of nitrogens with two attached hydrogens (primary N) is 1. The Labute approximate surface area is 117 Å². The fourth-order valence-electron chi connectivity index (χ4n) is 1.61. The highest BCUT2D eigenvalue weighted by Gasteiger charge is 2.38. The molecule has 8 heteroatoms. The second-order valence-electron chi connectivity index (χ2n) is 3.93. The van der Waals surface area contributed by atoms with Gasteiger partial charge in [0, 0.05) is 6.04 Å². The lowest BCUT2D eigenvalue weighted by Crippen LogP contribution is -2.19. The van der Waals surface area contributed by atoms with E-state index in [-0.39, 0.29) is 30.5 Å². The molecule has 1 atom stereocenters. The van der Waals surface area contributed by atoms with Crippen molar-refractivity contribution < 1.29 is 26.3 Å². The number of rotatable bonds is 3. The van der Waals surface area contributed by atoms with Gasteiger partial charge in [0.15, 0.2) is 0 Å². The molecule has 114 valence electrons. The second-order valence-corrected chi connectivity index (χ2v) is 3.93. The summed E-state index contributed by atoms with van der Waals surface area (Å²) in [5.41, 5.74) is 2.42. The van der Waals surface area contributed by atoms with Gasteiger partial charge in [-0.2, -0.15) is 26.3 Å². The Morgan fingerprint density at radius 1 is 1.10 bits per heavy atom. The standard InChI is InChI=1S/C12H11F6N.ClH/c1-2-3-10(19)8-5-4-7(11(13,14)15)6-9(8)12(16,17)18;/h2,4-6,10H,1,3,19H2;1H/t10-;/m0./s1. The summed E-state index contributed by atoms with van der Waals surface area (Å²) < 4.78 is 75.6. The Morgan fingerprint density at radius 2 is 1.65 bits per heavy atom. The van der Waals surface area contributed by atoms with E-state index in [1.807, 2.05) is 0 Å². The van der Waals surface area contributed by atoms with Crippen LogP contribution >= 0.6 is 12.4 Å². The molecule has 0 aliphatic heterocycles. The molecule has 2 N–H and O–H groups in total. The Kier molecular flexibility index (Phi) is 6.10. The summed E-state index contributed by atoms with van der Waals surface area (Å²) in [6.07, 6.45) is -8.38. The van der Waals surface area contributed by atoms with Gasteiger partial charge in [0.05, 0.1) is 11.1 Å². The van der Waals surface area contributed by atoms with Gasteiger partial charge in [-0.1, -0.05) is 12.1 Å². The summed E-state index contributed by atoms with van der Waals surface area (Å²) >= 11 is 0. The summed E-state index contributed by atoms with van der Waals surface area (Å²) in [5.74, 6) is 0. The predicted octanol–water partition coefficient (Wildman–Crippen LogP) is 4.72. The molecular weight excluding hydrogens is 308 g/mol. The molecule has 0 aromatic heterocycles. The van der Waals surface area contributed by atoms with Gasteiger partial charge in [0.1, 0.15) is 0 Å². The van der Waals surface area contributed by atoms with Gasteiger partial charge >= 0.3 is 12.4 Å². The average molecular weight is 320 g/mol. The van der Waals surface area contributed by atoms with E-state index >= 15 is 0 Å². The molecule has 0 radical (unpaired) electrons. The zero-order valence-electron chi connectivity index (χ0n) is 10.1. The first kappa shape index (κ1) is 18.8. The normalized spacial score (nSPS) is 13.6. The van der Waals surface area contributed by atoms with Crippen molar-refractivity contribution in [2.75, 3.05) is 0 Å². The summed E-state index contributed by atoms with van der Waals surface area (Å²) in [4.78, 5) is 0. The van der Waals surface area contributed by atoms with E-state index in [1.54, 1.807) is 0 Å². The molecule has 0 heterocycles. The lowest BCUT2D eigenvalue weighted by molar-refractivity contribution is -0.143. The molecule has 1 nitrogen and oxygen atoms in total. The zero-order valence-corrected chi connectivity index (χ0v) is 10.9. The van der Waals surface area contributed by atoms with E-state index in [9.17, 15) is 26.3 Å². The van der Waals surface area contributed by atoms with E-state index in [2.05, 4.69) is 6.58 Å². The maximum Gasteiger partial charge on any atom is 0.416 e. The first-order chi connectivity index (χ1) is 8.57. The fraction of sp³-hybridized carbons (Fsp3) is 0.333. The maximum atomic E-state index is 12.8. The van der Waals surface area contributed by atoms with Crippen LogP contribution in [-0.2, 0) is 12.4 Å². The van der Waals surface area contributed by atoms with Gasteiger partial charge in [0.2, 0.25) is 0 Å². The third-order valence-electron chi connectivity index (χ3n) is 2.51. The lowest BCUT2D eigenvalue weighted by Gasteiger charge is -2.19. The maximum absolute atomic E-state index is 12.8. The molecule has 1 rings (SSSR count). The molecule has 0 saturated carbocycles. The van der Waals surface area contributed by atoms with Gasteiger partial charge < -0.3 is 5.73 Å². The molecule has 0 aliphatic rings. The van der Waals surface area contributed by atoms with E-state index in [1.165, 1.54) is 6.08 Å². The van der Waals surface area contributed by atoms with Crippen LogP contribution in [0.4, 0.5) is 26.3 Å². The topological polar surface area (TPSA) is 26.0 Å². The van der Waals surface area contributed by atoms with Crippen LogP contribution in [0.1, 0.15) is 29.2 Å². The van der Waals surface area contributed by atoms with Crippen LogP contribution in [-0.4, -0.2) is 0 Å². The SMILES string of the molecule is C=CC[C@H](N)c1ccc(C(F)(F)F)cc1C(F)(F)F.Cl. The summed E-state index contributed by atoms with van der Waals surface area (Å²) in [6.45, 7) is 3.33. The van der Waals surface area contributed by atoms with Crippen LogP contribution in [0.2, 0.25) is 0 Å². The minimum atomic E-state index is -4.89. The van der Waals surface area contributed by atoms with Crippen molar-refractivity contribution in [3.05, 3.63) is 47.5 Å². The highest BCUT2D eigenvalue weighted by Crippen LogP contribution is 2.39. The van der Waals surface area contributed by atoms with Crippen molar-refractivity contribution in [2.24, 2.45) is 5.73 Å². The Morgan fingerprint density at radius 3 is 2.05 bits per heavy atom. The van der Waals surface area contributed by atoms with E-state index in [4.69, 9.17) is 5.73 Å². The minimum absolute atomic E-state index is 0. The molecule has 0 bridgehead atoms.